The maximum absolute atomic E-state index is 10.7. The van der Waals surface area contributed by atoms with E-state index in [0.717, 1.165) is 19.3 Å². The molecule has 19 heavy (non-hydrogen) atoms. The SMILES string of the molecule is CC(C)CCCCS(C)(=O)=O.Cc1ccc(O)cc1. The van der Waals surface area contributed by atoms with Gasteiger partial charge in [0.1, 0.15) is 15.6 Å². The topological polar surface area (TPSA) is 54.4 Å². The minimum atomic E-state index is -2.72. The average Bonchev–Trinajstić information content (AvgIpc) is 2.28. The largest absolute Gasteiger partial charge is 0.508 e. The van der Waals surface area contributed by atoms with Crippen LogP contribution in [0.4, 0.5) is 0 Å². The zero-order valence-electron chi connectivity index (χ0n) is 12.4. The highest BCUT2D eigenvalue weighted by molar-refractivity contribution is 7.90. The number of benzene rings is 1. The first-order valence-electron chi connectivity index (χ1n) is 6.64. The van der Waals surface area contributed by atoms with Gasteiger partial charge in [0.15, 0.2) is 0 Å². The fourth-order valence-corrected chi connectivity index (χ4v) is 2.19. The Morgan fingerprint density at radius 3 is 2.00 bits per heavy atom. The summed E-state index contributed by atoms with van der Waals surface area (Å²) in [5.74, 6) is 1.37. The first-order chi connectivity index (χ1) is 8.70. The van der Waals surface area contributed by atoms with Crippen molar-refractivity contribution in [2.75, 3.05) is 12.0 Å². The quantitative estimate of drug-likeness (QED) is 0.842. The van der Waals surface area contributed by atoms with Crippen molar-refractivity contribution in [1.29, 1.82) is 0 Å². The molecule has 110 valence electrons. The van der Waals surface area contributed by atoms with Crippen LogP contribution in [0.5, 0.6) is 5.75 Å². The summed E-state index contributed by atoms with van der Waals surface area (Å²) in [6, 6.07) is 7.09. The standard InChI is InChI=1S/C8H18O2S.C7H8O/c1-8(2)6-4-5-7-11(3,9)10;1-6-2-4-7(8)5-3-6/h8H,4-7H2,1-3H3;2-5,8H,1H3. The van der Waals surface area contributed by atoms with Crippen LogP contribution in [-0.4, -0.2) is 25.5 Å². The molecule has 3 nitrogen and oxygen atoms in total. The van der Waals surface area contributed by atoms with Crippen LogP contribution in [0.3, 0.4) is 0 Å². The van der Waals surface area contributed by atoms with Gasteiger partial charge in [-0.2, -0.15) is 0 Å². The smallest absolute Gasteiger partial charge is 0.147 e. The van der Waals surface area contributed by atoms with E-state index in [0.29, 0.717) is 17.4 Å². The molecule has 0 unspecified atom stereocenters. The number of sulfone groups is 1. The predicted octanol–water partition coefficient (Wildman–Crippen LogP) is 3.56. The lowest BCUT2D eigenvalue weighted by Gasteiger charge is -2.02. The lowest BCUT2D eigenvalue weighted by Crippen LogP contribution is -2.02. The Bertz CT molecular complexity index is 412. The van der Waals surface area contributed by atoms with Gasteiger partial charge in [-0.1, -0.05) is 44.4 Å². The van der Waals surface area contributed by atoms with Gasteiger partial charge in [-0.05, 0) is 31.4 Å². The fourth-order valence-electron chi connectivity index (χ4n) is 1.46. The Balaban J connectivity index is 0.000000356. The molecule has 1 aromatic carbocycles. The number of aryl methyl sites for hydroxylation is 1. The third kappa shape index (κ3) is 13.2. The van der Waals surface area contributed by atoms with Gasteiger partial charge >= 0.3 is 0 Å². The van der Waals surface area contributed by atoms with E-state index >= 15 is 0 Å². The Kier molecular flexibility index (Phi) is 8.48. The summed E-state index contributed by atoms with van der Waals surface area (Å²) in [5.41, 5.74) is 1.17. The second-order valence-corrected chi connectivity index (χ2v) is 7.61. The Hall–Kier alpha value is -1.03. The molecular formula is C15H26O3S. The number of hydrogen-bond donors (Lipinski definition) is 1. The van der Waals surface area contributed by atoms with Crippen molar-refractivity contribution in [2.45, 2.75) is 40.0 Å². The molecule has 0 aliphatic heterocycles. The van der Waals surface area contributed by atoms with E-state index in [4.69, 9.17) is 5.11 Å². The van der Waals surface area contributed by atoms with E-state index in [9.17, 15) is 8.42 Å². The summed E-state index contributed by atoms with van der Waals surface area (Å²) >= 11 is 0. The molecule has 1 N–H and O–H groups in total. The molecule has 0 saturated carbocycles. The number of rotatable bonds is 5. The predicted molar refractivity (Wildman–Crippen MR) is 81.2 cm³/mol. The van der Waals surface area contributed by atoms with Crippen molar-refractivity contribution >= 4 is 9.84 Å². The third-order valence-electron chi connectivity index (χ3n) is 2.58. The van der Waals surface area contributed by atoms with Crippen molar-refractivity contribution in [1.82, 2.24) is 0 Å². The molecule has 0 saturated heterocycles. The van der Waals surface area contributed by atoms with E-state index in [2.05, 4.69) is 13.8 Å². The van der Waals surface area contributed by atoms with Crippen LogP contribution in [0.2, 0.25) is 0 Å². The van der Waals surface area contributed by atoms with Crippen molar-refractivity contribution in [3.63, 3.8) is 0 Å². The van der Waals surface area contributed by atoms with Gasteiger partial charge in [0.2, 0.25) is 0 Å². The van der Waals surface area contributed by atoms with Gasteiger partial charge in [0, 0.05) is 12.0 Å². The number of aromatic hydroxyl groups is 1. The number of phenolic OH excluding ortho intramolecular Hbond substituents is 1. The molecule has 4 heteroatoms. The van der Waals surface area contributed by atoms with Crippen LogP contribution in [-0.2, 0) is 9.84 Å². The Morgan fingerprint density at radius 1 is 1.11 bits per heavy atom. The molecule has 0 aromatic heterocycles. The molecule has 1 aromatic rings. The van der Waals surface area contributed by atoms with Crippen molar-refractivity contribution in [2.24, 2.45) is 5.92 Å². The number of unbranched alkanes of at least 4 members (excludes halogenated alkanes) is 1. The highest BCUT2D eigenvalue weighted by atomic mass is 32.2. The second kappa shape index (κ2) is 8.97. The molecule has 0 fully saturated rings. The minimum Gasteiger partial charge on any atom is -0.508 e. The zero-order valence-corrected chi connectivity index (χ0v) is 13.2. The maximum atomic E-state index is 10.7. The molecule has 0 aliphatic rings. The summed E-state index contributed by atoms with van der Waals surface area (Å²) in [6.45, 7) is 6.29. The summed E-state index contributed by atoms with van der Waals surface area (Å²) in [6.07, 6.45) is 4.28. The summed E-state index contributed by atoms with van der Waals surface area (Å²) in [5, 5.41) is 8.76. The lowest BCUT2D eigenvalue weighted by atomic mass is 10.1. The van der Waals surface area contributed by atoms with Gasteiger partial charge in [0.25, 0.3) is 0 Å². The molecule has 0 atom stereocenters. The van der Waals surface area contributed by atoms with Gasteiger partial charge in [-0.15, -0.1) is 0 Å². The molecule has 0 spiro atoms. The van der Waals surface area contributed by atoms with Crippen molar-refractivity contribution in [3.8, 4) is 5.75 Å². The van der Waals surface area contributed by atoms with E-state index in [-0.39, 0.29) is 0 Å². The van der Waals surface area contributed by atoms with Crippen LogP contribution in [0.25, 0.3) is 0 Å². The van der Waals surface area contributed by atoms with Crippen LogP contribution in [0.1, 0.15) is 38.7 Å². The van der Waals surface area contributed by atoms with Gasteiger partial charge < -0.3 is 5.11 Å². The summed E-state index contributed by atoms with van der Waals surface area (Å²) < 4.78 is 21.4. The first-order valence-corrected chi connectivity index (χ1v) is 8.70. The fraction of sp³-hybridized carbons (Fsp3) is 0.600. The third-order valence-corrected chi connectivity index (χ3v) is 3.61. The minimum absolute atomic E-state index is 0.329. The molecule has 0 amide bonds. The number of hydrogen-bond acceptors (Lipinski definition) is 3. The second-order valence-electron chi connectivity index (χ2n) is 5.36. The Labute approximate surface area is 117 Å². The normalized spacial score (nSPS) is 11.0. The van der Waals surface area contributed by atoms with E-state index in [1.165, 1.54) is 11.8 Å². The van der Waals surface area contributed by atoms with E-state index in [1.54, 1.807) is 12.1 Å². The lowest BCUT2D eigenvalue weighted by molar-refractivity contribution is 0.475. The molecule has 1 rings (SSSR count). The molecule has 0 radical (unpaired) electrons. The highest BCUT2D eigenvalue weighted by Crippen LogP contribution is 2.07. The summed E-state index contributed by atoms with van der Waals surface area (Å²) in [4.78, 5) is 0. The van der Waals surface area contributed by atoms with E-state index in [1.807, 2.05) is 19.1 Å². The van der Waals surface area contributed by atoms with Crippen LogP contribution in [0.15, 0.2) is 24.3 Å². The highest BCUT2D eigenvalue weighted by Gasteiger charge is 2.01. The van der Waals surface area contributed by atoms with Gasteiger partial charge in [0.05, 0.1) is 0 Å². The van der Waals surface area contributed by atoms with Crippen molar-refractivity contribution < 1.29 is 13.5 Å². The van der Waals surface area contributed by atoms with E-state index < -0.39 is 9.84 Å². The summed E-state index contributed by atoms with van der Waals surface area (Å²) in [7, 11) is -2.72. The van der Waals surface area contributed by atoms with Gasteiger partial charge in [-0.25, -0.2) is 8.42 Å². The molecular weight excluding hydrogens is 260 g/mol. The zero-order chi connectivity index (χ0) is 14.9. The Morgan fingerprint density at radius 2 is 1.63 bits per heavy atom. The number of phenols is 1. The first kappa shape index (κ1) is 18.0. The molecule has 0 bridgehead atoms. The van der Waals surface area contributed by atoms with Crippen molar-refractivity contribution in [3.05, 3.63) is 29.8 Å². The van der Waals surface area contributed by atoms with Crippen LogP contribution < -0.4 is 0 Å². The van der Waals surface area contributed by atoms with Crippen LogP contribution >= 0.6 is 0 Å². The molecule has 0 aliphatic carbocycles. The van der Waals surface area contributed by atoms with Crippen LogP contribution in [0, 0.1) is 12.8 Å². The molecule has 0 heterocycles. The van der Waals surface area contributed by atoms with Gasteiger partial charge in [-0.3, -0.25) is 0 Å². The average molecular weight is 286 g/mol. The maximum Gasteiger partial charge on any atom is 0.147 e. The monoisotopic (exact) mass is 286 g/mol.